The van der Waals surface area contributed by atoms with Crippen LogP contribution in [0.25, 0.3) is 33.4 Å². The van der Waals surface area contributed by atoms with Gasteiger partial charge >= 0.3 is 12.1 Å². The van der Waals surface area contributed by atoms with Gasteiger partial charge in [-0.05, 0) is 74.9 Å². The fourth-order valence-corrected chi connectivity index (χ4v) is 8.71. The van der Waals surface area contributed by atoms with Gasteiger partial charge in [-0.2, -0.15) is 13.2 Å². The van der Waals surface area contributed by atoms with Crippen molar-refractivity contribution in [2.75, 3.05) is 27.3 Å². The lowest BCUT2D eigenvalue weighted by molar-refractivity contribution is -0.155. The number of benzene rings is 1. The molecule has 0 saturated carbocycles. The van der Waals surface area contributed by atoms with Crippen molar-refractivity contribution >= 4 is 40.0 Å². The smallest absolute Gasteiger partial charge is 0.406 e. The number of carbonyl (C=O) groups excluding carboxylic acids is 3. The minimum Gasteiger partial charge on any atom is -0.464 e. The first-order chi connectivity index (χ1) is 27.4. The lowest BCUT2D eigenvalue weighted by Gasteiger charge is -2.36. The van der Waals surface area contributed by atoms with Crippen molar-refractivity contribution in [3.8, 4) is 22.5 Å². The Morgan fingerprint density at radius 1 is 1.17 bits per heavy atom. The summed E-state index contributed by atoms with van der Waals surface area (Å²) in [6.45, 7) is 10.7. The summed E-state index contributed by atoms with van der Waals surface area (Å²) in [4.78, 5) is 51.2. The number of likely N-dealkylation sites (N-methyl/N-ethyl adjacent to an activating group) is 1. The summed E-state index contributed by atoms with van der Waals surface area (Å²) in [5.74, 6) is -1.14. The highest BCUT2D eigenvalue weighted by molar-refractivity contribution is 7.10. The van der Waals surface area contributed by atoms with Crippen molar-refractivity contribution in [1.29, 1.82) is 0 Å². The van der Waals surface area contributed by atoms with Gasteiger partial charge in [0.05, 0.1) is 40.8 Å². The highest BCUT2D eigenvalue weighted by Crippen LogP contribution is 2.43. The van der Waals surface area contributed by atoms with Crippen LogP contribution in [0.15, 0.2) is 41.9 Å². The topological polar surface area (TPSA) is 140 Å². The second-order valence-electron chi connectivity index (χ2n) is 16.6. The highest BCUT2D eigenvalue weighted by Gasteiger charge is 2.38. The molecule has 12 nitrogen and oxygen atoms in total. The summed E-state index contributed by atoms with van der Waals surface area (Å²) in [5, 5.41) is 10.5. The minimum absolute atomic E-state index is 0.0401. The molecule has 1 saturated heterocycles. The van der Waals surface area contributed by atoms with E-state index in [1.807, 2.05) is 46.1 Å². The molecule has 2 aliphatic rings. The van der Waals surface area contributed by atoms with Crippen LogP contribution in [0.3, 0.4) is 0 Å². The van der Waals surface area contributed by atoms with Gasteiger partial charge in [-0.25, -0.2) is 10.4 Å². The molecule has 0 spiro atoms. The number of amides is 2. The van der Waals surface area contributed by atoms with Crippen LogP contribution in [0.4, 0.5) is 13.2 Å². The largest absolute Gasteiger partial charge is 0.464 e. The van der Waals surface area contributed by atoms with E-state index >= 15 is 0 Å². The molecule has 3 aromatic heterocycles. The van der Waals surface area contributed by atoms with Crippen LogP contribution in [0.5, 0.6) is 0 Å². The maximum absolute atomic E-state index is 14.5. The van der Waals surface area contributed by atoms with Gasteiger partial charge in [0.2, 0.25) is 5.91 Å². The predicted molar refractivity (Wildman–Crippen MR) is 217 cm³/mol. The standard InChI is InChI=1S/C42H54F3N7O5S/c1-23(2)24(3)35(46-7)38(53)49-31-18-34-48-32(20-58-34)26-13-14-33-28(17-26)29(19-41(5,6)22-57-40(55)30-12-10-16-52(50-30)39(31)54)37(51(33)21-42(43,44)45)27-11-9-15-47-36(27)25(4)56-8/h9,11,13-15,17,20,23-25,30-31,35,46,50H,10,12,16,18-19,21-22H2,1-8H3,(H,49,53)/t24?,25-,30-,31-,35?/m0/s1. The molecular formula is C42H54F3N7O5S. The van der Waals surface area contributed by atoms with Crippen LogP contribution >= 0.6 is 11.3 Å². The second-order valence-corrected chi connectivity index (χ2v) is 17.5. The normalized spacial score (nSPS) is 20.7. The Kier molecular flexibility index (Phi) is 13.0. The molecule has 6 bridgehead atoms. The average molecular weight is 826 g/mol. The number of hydrogen-bond acceptors (Lipinski definition) is 10. The van der Waals surface area contributed by atoms with Crippen LogP contribution in [0.2, 0.25) is 0 Å². The molecule has 6 rings (SSSR count). The van der Waals surface area contributed by atoms with E-state index in [1.165, 1.54) is 28.0 Å². The van der Waals surface area contributed by atoms with E-state index < -0.39 is 54.2 Å². The number of alkyl halides is 3. The van der Waals surface area contributed by atoms with Gasteiger partial charge in [0, 0.05) is 59.1 Å². The third kappa shape index (κ3) is 9.40. The first kappa shape index (κ1) is 43.2. The van der Waals surface area contributed by atoms with E-state index in [1.54, 1.807) is 44.4 Å². The Hall–Kier alpha value is -4.38. The van der Waals surface area contributed by atoms with Crippen LogP contribution in [-0.4, -0.2) is 88.9 Å². The molecule has 5 atom stereocenters. The quantitative estimate of drug-likeness (QED) is 0.159. The van der Waals surface area contributed by atoms with E-state index in [-0.39, 0.29) is 37.2 Å². The van der Waals surface area contributed by atoms with Gasteiger partial charge in [0.25, 0.3) is 5.91 Å². The minimum atomic E-state index is -4.56. The number of hydrazine groups is 1. The molecule has 16 heteroatoms. The second kappa shape index (κ2) is 17.5. The summed E-state index contributed by atoms with van der Waals surface area (Å²) in [7, 11) is 3.24. The average Bonchev–Trinajstić information content (AvgIpc) is 3.77. The maximum atomic E-state index is 14.5. The molecule has 2 unspecified atom stereocenters. The van der Waals surface area contributed by atoms with Crippen LogP contribution in [0, 0.1) is 17.3 Å². The van der Waals surface area contributed by atoms with Crippen molar-refractivity contribution in [3.63, 3.8) is 0 Å². The monoisotopic (exact) mass is 825 g/mol. The number of rotatable bonds is 9. The van der Waals surface area contributed by atoms with Gasteiger partial charge in [-0.1, -0.05) is 40.7 Å². The number of hydrogen-bond donors (Lipinski definition) is 3. The van der Waals surface area contributed by atoms with Crippen LogP contribution in [0.1, 0.15) is 76.8 Å². The molecule has 1 fully saturated rings. The number of halogens is 3. The molecule has 3 N–H and O–H groups in total. The number of thiazole rings is 1. The number of pyridine rings is 1. The molecule has 0 aliphatic carbocycles. The molecule has 2 amide bonds. The molecule has 5 heterocycles. The Morgan fingerprint density at radius 3 is 2.62 bits per heavy atom. The highest BCUT2D eigenvalue weighted by atomic mass is 32.1. The first-order valence-electron chi connectivity index (χ1n) is 19.8. The van der Waals surface area contributed by atoms with Gasteiger partial charge in [0.1, 0.15) is 18.6 Å². The van der Waals surface area contributed by atoms with Crippen molar-refractivity contribution in [1.82, 2.24) is 35.6 Å². The predicted octanol–water partition coefficient (Wildman–Crippen LogP) is 6.63. The number of cyclic esters (lactones) is 1. The van der Waals surface area contributed by atoms with E-state index in [9.17, 15) is 27.6 Å². The molecule has 314 valence electrons. The third-order valence-corrected chi connectivity index (χ3v) is 12.2. The summed E-state index contributed by atoms with van der Waals surface area (Å²) >= 11 is 1.33. The number of nitrogens with zero attached hydrogens (tertiary/aromatic N) is 4. The Bertz CT molecular complexity index is 2130. The number of nitrogens with one attached hydrogen (secondary N) is 3. The number of aromatic nitrogens is 3. The lowest BCUT2D eigenvalue weighted by atomic mass is 9.84. The van der Waals surface area contributed by atoms with Gasteiger partial charge in [-0.3, -0.25) is 24.4 Å². The number of fused-ring (bicyclic) bond motifs is 6. The van der Waals surface area contributed by atoms with E-state index in [0.717, 1.165) is 0 Å². The van der Waals surface area contributed by atoms with E-state index in [4.69, 9.17) is 14.5 Å². The number of ether oxygens (including phenoxy) is 2. The third-order valence-electron chi connectivity index (χ3n) is 11.3. The van der Waals surface area contributed by atoms with Gasteiger partial charge in [-0.15, -0.1) is 11.3 Å². The zero-order chi connectivity index (χ0) is 42.1. The van der Waals surface area contributed by atoms with E-state index in [0.29, 0.717) is 69.1 Å². The first-order valence-corrected chi connectivity index (χ1v) is 20.7. The number of carbonyl (C=O) groups is 3. The summed E-state index contributed by atoms with van der Waals surface area (Å²) < 4.78 is 56.5. The van der Waals surface area contributed by atoms with Crippen molar-refractivity contribution in [2.45, 2.75) is 104 Å². The zero-order valence-electron chi connectivity index (χ0n) is 34.3. The molecule has 4 aromatic rings. The molecule has 1 aromatic carbocycles. The fourth-order valence-electron chi connectivity index (χ4n) is 7.86. The summed E-state index contributed by atoms with van der Waals surface area (Å²) in [5.41, 5.74) is 5.93. The van der Waals surface area contributed by atoms with E-state index in [2.05, 4.69) is 21.0 Å². The summed E-state index contributed by atoms with van der Waals surface area (Å²) in [6, 6.07) is 6.34. The molecule has 0 radical (unpaired) electrons. The van der Waals surface area contributed by atoms with Crippen molar-refractivity contribution in [2.24, 2.45) is 17.3 Å². The van der Waals surface area contributed by atoms with Crippen molar-refractivity contribution in [3.05, 3.63) is 58.2 Å². The zero-order valence-corrected chi connectivity index (χ0v) is 35.1. The van der Waals surface area contributed by atoms with Gasteiger partial charge in [0.15, 0.2) is 0 Å². The Morgan fingerprint density at radius 2 is 1.93 bits per heavy atom. The Labute approximate surface area is 341 Å². The number of esters is 1. The van der Waals surface area contributed by atoms with Gasteiger partial charge < -0.3 is 24.7 Å². The Balaban J connectivity index is 1.52. The van der Waals surface area contributed by atoms with Crippen molar-refractivity contribution < 1.29 is 37.0 Å². The molecule has 58 heavy (non-hydrogen) atoms. The number of methoxy groups -OCH3 is 1. The molecule has 2 aliphatic heterocycles. The van der Waals surface area contributed by atoms with Crippen LogP contribution < -0.4 is 16.1 Å². The summed E-state index contributed by atoms with van der Waals surface area (Å²) in [6.07, 6.45) is -2.24. The maximum Gasteiger partial charge on any atom is 0.406 e. The fraction of sp³-hybridized carbons (Fsp3) is 0.548. The van der Waals surface area contributed by atoms with Crippen LogP contribution in [-0.2, 0) is 43.2 Å². The lowest BCUT2D eigenvalue weighted by Crippen LogP contribution is -2.62. The SMILES string of the molecule is CNC(C(=O)N[C@H]1Cc2nc(cs2)-c2ccc3c(c2)c(c(-c2cccnc2[C@H](C)OC)n3CC(F)(F)F)CC(C)(C)COC(=O)[C@@H]2CCCN(N2)C1=O)C(C)C(C)C. The molecular weight excluding hydrogens is 772 g/mol.